The molecule has 1 N–H and O–H groups in total. The fourth-order valence-corrected chi connectivity index (χ4v) is 4.47. The average Bonchev–Trinajstić information content (AvgIpc) is 3.65. The molecule has 0 bridgehead atoms. The SMILES string of the molecule is CCCc1cc(-c2nn[nH]n2)n(-c2ccc(Cn3c(OCC)nc4cccc(C(=O)OCC)c43)cc2)c1. The van der Waals surface area contributed by atoms with Crippen LogP contribution in [0.2, 0.25) is 0 Å². The minimum absolute atomic E-state index is 0.300. The number of benzene rings is 2. The van der Waals surface area contributed by atoms with Crippen LogP contribution in [0.3, 0.4) is 0 Å². The van der Waals surface area contributed by atoms with Gasteiger partial charge in [-0.15, -0.1) is 10.2 Å². The second-order valence-corrected chi connectivity index (χ2v) is 8.56. The first kappa shape index (κ1) is 24.2. The van der Waals surface area contributed by atoms with Crippen molar-refractivity contribution in [3.8, 4) is 23.2 Å². The maximum atomic E-state index is 12.7. The van der Waals surface area contributed by atoms with Crippen LogP contribution in [0.15, 0.2) is 54.7 Å². The molecule has 0 saturated carbocycles. The van der Waals surface area contributed by atoms with Crippen molar-refractivity contribution < 1.29 is 14.3 Å². The summed E-state index contributed by atoms with van der Waals surface area (Å²) >= 11 is 0. The van der Waals surface area contributed by atoms with Crippen molar-refractivity contribution in [1.29, 1.82) is 0 Å². The fraction of sp³-hybridized carbons (Fsp3) is 0.296. The van der Waals surface area contributed by atoms with E-state index in [1.807, 2.05) is 23.6 Å². The van der Waals surface area contributed by atoms with Crippen LogP contribution in [0.4, 0.5) is 0 Å². The van der Waals surface area contributed by atoms with Gasteiger partial charge in [0.05, 0.1) is 42.0 Å². The summed E-state index contributed by atoms with van der Waals surface area (Å²) in [5.74, 6) is 0.168. The number of nitrogens with zero attached hydrogens (tertiary/aromatic N) is 6. The zero-order valence-corrected chi connectivity index (χ0v) is 21.1. The lowest BCUT2D eigenvalue weighted by atomic mass is 10.1. The number of carbonyl (C=O) groups excluding carboxylic acids is 1. The second-order valence-electron chi connectivity index (χ2n) is 8.56. The molecule has 0 fully saturated rings. The van der Waals surface area contributed by atoms with Gasteiger partial charge in [0, 0.05) is 11.9 Å². The first-order valence-electron chi connectivity index (χ1n) is 12.5. The van der Waals surface area contributed by atoms with E-state index in [0.717, 1.165) is 29.8 Å². The highest BCUT2D eigenvalue weighted by atomic mass is 16.5. The summed E-state index contributed by atoms with van der Waals surface area (Å²) in [6, 6.07) is 16.2. The van der Waals surface area contributed by atoms with Crippen LogP contribution in [0.25, 0.3) is 28.2 Å². The van der Waals surface area contributed by atoms with Crippen molar-refractivity contribution in [2.75, 3.05) is 13.2 Å². The van der Waals surface area contributed by atoms with Crippen LogP contribution in [-0.2, 0) is 17.7 Å². The molecule has 37 heavy (non-hydrogen) atoms. The molecule has 10 heteroatoms. The maximum Gasteiger partial charge on any atom is 0.340 e. The summed E-state index contributed by atoms with van der Waals surface area (Å²) < 4.78 is 15.1. The number of carbonyl (C=O) groups is 1. The van der Waals surface area contributed by atoms with Crippen LogP contribution in [-0.4, -0.2) is 53.9 Å². The Bertz CT molecular complexity index is 1500. The number of tetrazole rings is 1. The van der Waals surface area contributed by atoms with E-state index in [-0.39, 0.29) is 5.97 Å². The Morgan fingerprint density at radius 1 is 1.03 bits per heavy atom. The van der Waals surface area contributed by atoms with Crippen molar-refractivity contribution in [2.45, 2.75) is 40.2 Å². The second kappa shape index (κ2) is 10.7. The summed E-state index contributed by atoms with van der Waals surface area (Å²) in [5.41, 5.74) is 5.96. The van der Waals surface area contributed by atoms with E-state index in [2.05, 4.69) is 73.6 Å². The van der Waals surface area contributed by atoms with Gasteiger partial charge < -0.3 is 14.0 Å². The number of aryl methyl sites for hydroxylation is 1. The summed E-state index contributed by atoms with van der Waals surface area (Å²) in [4.78, 5) is 17.3. The number of hydrogen-bond donors (Lipinski definition) is 1. The summed E-state index contributed by atoms with van der Waals surface area (Å²) in [6.07, 6.45) is 4.13. The van der Waals surface area contributed by atoms with E-state index < -0.39 is 0 Å². The molecular weight excluding hydrogens is 470 g/mol. The Morgan fingerprint density at radius 2 is 1.86 bits per heavy atom. The molecule has 0 spiro atoms. The zero-order valence-electron chi connectivity index (χ0n) is 21.1. The van der Waals surface area contributed by atoms with Gasteiger partial charge in [-0.1, -0.05) is 31.5 Å². The van der Waals surface area contributed by atoms with Crippen molar-refractivity contribution in [3.63, 3.8) is 0 Å². The van der Waals surface area contributed by atoms with Gasteiger partial charge in [0.15, 0.2) is 0 Å². The predicted octanol–water partition coefficient (Wildman–Crippen LogP) is 4.58. The minimum atomic E-state index is -0.378. The number of aromatic amines is 1. The molecule has 5 aromatic rings. The maximum absolute atomic E-state index is 12.7. The van der Waals surface area contributed by atoms with Gasteiger partial charge in [-0.25, -0.2) is 4.79 Å². The molecule has 0 aliphatic heterocycles. The Kier molecular flexibility index (Phi) is 6.98. The molecule has 0 amide bonds. The number of esters is 1. The van der Waals surface area contributed by atoms with Gasteiger partial charge in [-0.05, 0) is 66.9 Å². The molecular formula is C27H29N7O3. The molecule has 190 valence electrons. The van der Waals surface area contributed by atoms with Gasteiger partial charge in [0.25, 0.3) is 6.01 Å². The Hall–Kier alpha value is -4.47. The Morgan fingerprint density at radius 3 is 2.57 bits per heavy atom. The van der Waals surface area contributed by atoms with Crippen LogP contribution >= 0.6 is 0 Å². The monoisotopic (exact) mass is 499 g/mol. The number of aromatic nitrogens is 7. The van der Waals surface area contributed by atoms with Gasteiger partial charge in [-0.2, -0.15) is 10.2 Å². The highest BCUT2D eigenvalue weighted by Crippen LogP contribution is 2.28. The lowest BCUT2D eigenvalue weighted by Crippen LogP contribution is -2.10. The molecule has 3 aromatic heterocycles. The van der Waals surface area contributed by atoms with E-state index in [9.17, 15) is 4.79 Å². The number of H-pyrrole nitrogens is 1. The first-order valence-corrected chi connectivity index (χ1v) is 12.5. The molecule has 0 radical (unpaired) electrons. The number of fused-ring (bicyclic) bond motifs is 1. The summed E-state index contributed by atoms with van der Waals surface area (Å²) in [6.45, 7) is 7.10. The van der Waals surface area contributed by atoms with E-state index in [1.165, 1.54) is 5.56 Å². The highest BCUT2D eigenvalue weighted by Gasteiger charge is 2.20. The van der Waals surface area contributed by atoms with Gasteiger partial charge >= 0.3 is 5.97 Å². The molecule has 0 aliphatic rings. The highest BCUT2D eigenvalue weighted by molar-refractivity contribution is 6.02. The van der Waals surface area contributed by atoms with Gasteiger partial charge in [-0.3, -0.25) is 4.57 Å². The van der Waals surface area contributed by atoms with Crippen LogP contribution in [0.1, 0.15) is 48.7 Å². The number of nitrogens with one attached hydrogen (secondary N) is 1. The third-order valence-electron chi connectivity index (χ3n) is 6.05. The van der Waals surface area contributed by atoms with Gasteiger partial charge in [0.1, 0.15) is 0 Å². The number of ether oxygens (including phenoxy) is 2. The van der Waals surface area contributed by atoms with Crippen molar-refractivity contribution in [3.05, 3.63) is 71.4 Å². The topological polar surface area (TPSA) is 113 Å². The molecule has 0 aliphatic carbocycles. The number of hydrogen-bond acceptors (Lipinski definition) is 7. The largest absolute Gasteiger partial charge is 0.465 e. The average molecular weight is 500 g/mol. The Labute approximate surface area is 214 Å². The summed E-state index contributed by atoms with van der Waals surface area (Å²) in [7, 11) is 0. The van der Waals surface area contributed by atoms with Crippen LogP contribution < -0.4 is 4.74 Å². The number of rotatable bonds is 10. The number of imidazole rings is 1. The lowest BCUT2D eigenvalue weighted by molar-refractivity contribution is 0.0528. The quantitative estimate of drug-likeness (QED) is 0.280. The van der Waals surface area contributed by atoms with Crippen molar-refractivity contribution in [1.82, 2.24) is 34.7 Å². The van der Waals surface area contributed by atoms with Crippen LogP contribution in [0.5, 0.6) is 6.01 Å². The van der Waals surface area contributed by atoms with E-state index in [0.29, 0.717) is 48.2 Å². The predicted molar refractivity (Wildman–Crippen MR) is 139 cm³/mol. The molecule has 5 rings (SSSR count). The number of para-hydroxylation sites is 1. The van der Waals surface area contributed by atoms with E-state index in [4.69, 9.17) is 9.47 Å². The summed E-state index contributed by atoms with van der Waals surface area (Å²) in [5, 5.41) is 14.6. The first-order chi connectivity index (χ1) is 18.1. The third kappa shape index (κ3) is 4.82. The molecule has 0 saturated heterocycles. The van der Waals surface area contributed by atoms with E-state index >= 15 is 0 Å². The third-order valence-corrected chi connectivity index (χ3v) is 6.05. The minimum Gasteiger partial charge on any atom is -0.465 e. The standard InChI is InChI=1S/C27H29N7O3/c1-4-8-19-15-23(25-29-31-32-30-25)33(17-19)20-13-11-18(12-14-20)16-34-24-21(26(35)36-5-2)9-7-10-22(24)28-27(34)37-6-3/h7,9-15,17H,4-6,8,16H2,1-3H3,(H,29,30,31,32). The van der Waals surface area contributed by atoms with Crippen LogP contribution in [0, 0.1) is 0 Å². The molecule has 0 unspecified atom stereocenters. The molecule has 2 aromatic carbocycles. The normalized spacial score (nSPS) is 11.2. The smallest absolute Gasteiger partial charge is 0.340 e. The zero-order chi connectivity index (χ0) is 25.8. The van der Waals surface area contributed by atoms with E-state index in [1.54, 1.807) is 13.0 Å². The van der Waals surface area contributed by atoms with Gasteiger partial charge in [0.2, 0.25) is 5.82 Å². The Balaban J connectivity index is 1.51. The van der Waals surface area contributed by atoms with Crippen molar-refractivity contribution >= 4 is 17.0 Å². The fourth-order valence-electron chi connectivity index (χ4n) is 4.47. The molecule has 10 nitrogen and oxygen atoms in total. The molecule has 3 heterocycles. The molecule has 0 atom stereocenters. The lowest BCUT2D eigenvalue weighted by Gasteiger charge is -2.12. The van der Waals surface area contributed by atoms with Crippen molar-refractivity contribution in [2.24, 2.45) is 0 Å².